The van der Waals surface area contributed by atoms with Gasteiger partial charge >= 0.3 is 0 Å². The Kier molecular flexibility index (Phi) is 5.56. The van der Waals surface area contributed by atoms with Crippen LogP contribution in [0.4, 0.5) is 0 Å². The lowest BCUT2D eigenvalue weighted by Gasteiger charge is -2.34. The normalized spacial score (nSPS) is 14.6. The number of benzene rings is 1. The average Bonchev–Trinajstić information content (AvgIpc) is 3.51. The minimum atomic E-state index is 0.00140. The minimum Gasteiger partial charge on any atom is -0.335 e. The molecular formula is C23H22N6OS. The van der Waals surface area contributed by atoms with Gasteiger partial charge in [0, 0.05) is 62.3 Å². The van der Waals surface area contributed by atoms with E-state index in [4.69, 9.17) is 0 Å². The molecule has 1 aliphatic rings. The molecule has 0 saturated carbocycles. The molecule has 7 nitrogen and oxygen atoms in total. The number of pyridine rings is 1. The van der Waals surface area contributed by atoms with Gasteiger partial charge in [-0.3, -0.25) is 14.7 Å². The second-order valence-electron chi connectivity index (χ2n) is 7.47. The van der Waals surface area contributed by atoms with Crippen molar-refractivity contribution >= 4 is 17.2 Å². The van der Waals surface area contributed by atoms with E-state index in [0.29, 0.717) is 18.8 Å². The predicted molar refractivity (Wildman–Crippen MR) is 120 cm³/mol. The van der Waals surface area contributed by atoms with Gasteiger partial charge in [0.2, 0.25) is 0 Å². The summed E-state index contributed by atoms with van der Waals surface area (Å²) in [5.41, 5.74) is 3.66. The van der Waals surface area contributed by atoms with E-state index in [1.807, 2.05) is 76.0 Å². The molecule has 0 radical (unpaired) electrons. The number of para-hydroxylation sites is 1. The summed E-state index contributed by atoms with van der Waals surface area (Å²) in [5.74, 6) is 0.00140. The van der Waals surface area contributed by atoms with Crippen molar-refractivity contribution < 1.29 is 4.79 Å². The van der Waals surface area contributed by atoms with E-state index in [1.165, 1.54) is 16.9 Å². The van der Waals surface area contributed by atoms with Crippen molar-refractivity contribution in [3.8, 4) is 16.3 Å². The molecule has 1 aromatic carbocycles. The van der Waals surface area contributed by atoms with Gasteiger partial charge < -0.3 is 4.90 Å². The van der Waals surface area contributed by atoms with Crippen molar-refractivity contribution in [2.45, 2.75) is 6.54 Å². The summed E-state index contributed by atoms with van der Waals surface area (Å²) >= 11 is 1.48. The summed E-state index contributed by atoms with van der Waals surface area (Å²) in [6, 6.07) is 14.0. The molecule has 1 saturated heterocycles. The van der Waals surface area contributed by atoms with E-state index in [9.17, 15) is 4.79 Å². The van der Waals surface area contributed by atoms with Crippen molar-refractivity contribution in [3.63, 3.8) is 0 Å². The lowest BCUT2D eigenvalue weighted by Crippen LogP contribution is -2.48. The van der Waals surface area contributed by atoms with Gasteiger partial charge in [-0.25, -0.2) is 9.67 Å². The smallest absolute Gasteiger partial charge is 0.273 e. The first-order valence-electron chi connectivity index (χ1n) is 10.2. The van der Waals surface area contributed by atoms with E-state index >= 15 is 0 Å². The number of hydrogen-bond acceptors (Lipinski definition) is 6. The molecule has 3 aromatic heterocycles. The van der Waals surface area contributed by atoms with Crippen LogP contribution in [0.3, 0.4) is 0 Å². The lowest BCUT2D eigenvalue weighted by molar-refractivity contribution is 0.0623. The number of nitrogens with zero attached hydrogens (tertiary/aromatic N) is 6. The number of rotatable bonds is 5. The molecule has 0 aliphatic carbocycles. The van der Waals surface area contributed by atoms with Crippen molar-refractivity contribution in [3.05, 3.63) is 83.9 Å². The molecule has 0 unspecified atom stereocenters. The van der Waals surface area contributed by atoms with E-state index in [1.54, 1.807) is 6.20 Å². The largest absolute Gasteiger partial charge is 0.335 e. The molecule has 1 amide bonds. The van der Waals surface area contributed by atoms with Gasteiger partial charge in [-0.1, -0.05) is 18.2 Å². The first-order chi connectivity index (χ1) is 15.3. The van der Waals surface area contributed by atoms with Gasteiger partial charge in [-0.15, -0.1) is 11.3 Å². The maximum Gasteiger partial charge on any atom is 0.273 e. The van der Waals surface area contributed by atoms with Gasteiger partial charge in [0.25, 0.3) is 5.91 Å². The summed E-state index contributed by atoms with van der Waals surface area (Å²) < 4.78 is 1.82. The van der Waals surface area contributed by atoms with Gasteiger partial charge in [0.05, 0.1) is 11.9 Å². The number of carbonyl (C=O) groups is 1. The molecule has 0 spiro atoms. The second-order valence-corrected chi connectivity index (χ2v) is 8.33. The molecule has 4 heterocycles. The molecule has 0 N–H and O–H groups in total. The summed E-state index contributed by atoms with van der Waals surface area (Å²) in [6.07, 6.45) is 7.37. The third kappa shape index (κ3) is 4.40. The molecule has 31 heavy (non-hydrogen) atoms. The number of thiazole rings is 1. The van der Waals surface area contributed by atoms with Crippen LogP contribution in [-0.4, -0.2) is 61.6 Å². The Hall–Kier alpha value is -3.36. The molecule has 4 aromatic rings. The Morgan fingerprint density at radius 3 is 2.55 bits per heavy atom. The quantitative estimate of drug-likeness (QED) is 0.486. The number of hydrogen-bond donors (Lipinski definition) is 0. The zero-order chi connectivity index (χ0) is 21.0. The predicted octanol–water partition coefficient (Wildman–Crippen LogP) is 3.35. The molecule has 1 aliphatic heterocycles. The summed E-state index contributed by atoms with van der Waals surface area (Å²) in [5, 5.41) is 7.08. The van der Waals surface area contributed by atoms with E-state index in [2.05, 4.69) is 20.0 Å². The fourth-order valence-corrected chi connectivity index (χ4v) is 4.45. The minimum absolute atomic E-state index is 0.00140. The monoisotopic (exact) mass is 430 g/mol. The Morgan fingerprint density at radius 1 is 1.00 bits per heavy atom. The Bertz CT molecular complexity index is 1150. The van der Waals surface area contributed by atoms with Crippen LogP contribution in [0, 0.1) is 0 Å². The average molecular weight is 431 g/mol. The van der Waals surface area contributed by atoms with E-state index in [0.717, 1.165) is 35.9 Å². The third-order valence-corrected chi connectivity index (χ3v) is 6.28. The van der Waals surface area contributed by atoms with Crippen molar-refractivity contribution in [1.82, 2.24) is 29.5 Å². The van der Waals surface area contributed by atoms with Crippen molar-refractivity contribution in [2.75, 3.05) is 26.2 Å². The molecule has 5 rings (SSSR count). The van der Waals surface area contributed by atoms with Crippen LogP contribution in [0.1, 0.15) is 16.1 Å². The SMILES string of the molecule is O=C(c1csc(-c2cnn(-c3ccccc3)c2)n1)N1CCN(Cc2ccncc2)CC1. The number of piperazine rings is 1. The first-order valence-corrected chi connectivity index (χ1v) is 11.1. The molecule has 1 fully saturated rings. The van der Waals surface area contributed by atoms with Crippen LogP contribution in [0.2, 0.25) is 0 Å². The number of aromatic nitrogens is 4. The first kappa shape index (κ1) is 19.6. The lowest BCUT2D eigenvalue weighted by atomic mass is 10.2. The maximum absolute atomic E-state index is 13.0. The Balaban J connectivity index is 1.21. The van der Waals surface area contributed by atoms with Crippen LogP contribution in [0.15, 0.2) is 72.6 Å². The van der Waals surface area contributed by atoms with Gasteiger partial charge in [0.15, 0.2) is 0 Å². The highest BCUT2D eigenvalue weighted by Gasteiger charge is 2.24. The molecule has 0 bridgehead atoms. The van der Waals surface area contributed by atoms with Crippen LogP contribution in [0.25, 0.3) is 16.3 Å². The van der Waals surface area contributed by atoms with Gasteiger partial charge in [-0.2, -0.15) is 5.10 Å². The molecular weight excluding hydrogens is 408 g/mol. The Labute approximate surface area is 184 Å². The third-order valence-electron chi connectivity index (χ3n) is 5.39. The zero-order valence-corrected chi connectivity index (χ0v) is 17.8. The standard InChI is InChI=1S/C23H22N6OS/c30-23(28-12-10-27(11-13-28)15-18-6-8-24-9-7-18)21-17-31-22(26-21)19-14-25-29(16-19)20-4-2-1-3-5-20/h1-9,14,16-17H,10-13,15H2. The van der Waals surface area contributed by atoms with E-state index in [-0.39, 0.29) is 5.91 Å². The zero-order valence-electron chi connectivity index (χ0n) is 17.0. The van der Waals surface area contributed by atoms with Crippen LogP contribution in [-0.2, 0) is 6.54 Å². The highest BCUT2D eigenvalue weighted by atomic mass is 32.1. The van der Waals surface area contributed by atoms with Crippen LogP contribution < -0.4 is 0 Å². The topological polar surface area (TPSA) is 67.2 Å². The summed E-state index contributed by atoms with van der Waals surface area (Å²) in [6.45, 7) is 4.02. The number of carbonyl (C=O) groups excluding carboxylic acids is 1. The fraction of sp³-hybridized carbons (Fsp3) is 0.217. The van der Waals surface area contributed by atoms with Crippen molar-refractivity contribution in [1.29, 1.82) is 0 Å². The van der Waals surface area contributed by atoms with Crippen LogP contribution >= 0.6 is 11.3 Å². The van der Waals surface area contributed by atoms with Gasteiger partial charge in [0.1, 0.15) is 10.7 Å². The van der Waals surface area contributed by atoms with Gasteiger partial charge in [-0.05, 0) is 29.8 Å². The fourth-order valence-electron chi connectivity index (χ4n) is 3.68. The highest BCUT2D eigenvalue weighted by molar-refractivity contribution is 7.13. The Morgan fingerprint density at radius 2 is 1.77 bits per heavy atom. The molecule has 156 valence electrons. The van der Waals surface area contributed by atoms with Crippen molar-refractivity contribution in [2.24, 2.45) is 0 Å². The molecule has 0 atom stereocenters. The second kappa shape index (κ2) is 8.79. The highest BCUT2D eigenvalue weighted by Crippen LogP contribution is 2.25. The summed E-state index contributed by atoms with van der Waals surface area (Å²) in [7, 11) is 0. The maximum atomic E-state index is 13.0. The molecule has 8 heteroatoms. The number of amides is 1. The van der Waals surface area contributed by atoms with E-state index < -0.39 is 0 Å². The van der Waals surface area contributed by atoms with Crippen LogP contribution in [0.5, 0.6) is 0 Å². The summed E-state index contributed by atoms with van der Waals surface area (Å²) in [4.78, 5) is 25.9.